The third-order valence-corrected chi connectivity index (χ3v) is 19.4. The molecule has 0 saturated carbocycles. The topological polar surface area (TPSA) is 56.5 Å². The average Bonchev–Trinajstić information content (AvgIpc) is 0.777. The number of fused-ring (bicyclic) bond motifs is 7. The smallest absolute Gasteiger partial charge is 0.243 e. The lowest BCUT2D eigenvalue weighted by atomic mass is 9.33. The molecular weight excluding hydrogens is 1160 g/mol. The maximum absolute atomic E-state index is 4.86. The molecule has 0 N–H and O–H groups in total. The Bertz CT molecular complexity index is 5670. The molecule has 0 amide bonds. The van der Waals surface area contributed by atoms with Gasteiger partial charge in [0, 0.05) is 52.1 Å². The summed E-state index contributed by atoms with van der Waals surface area (Å²) in [6.07, 6.45) is 7.54. The monoisotopic (exact) mass is 1230 g/mol. The summed E-state index contributed by atoms with van der Waals surface area (Å²) >= 11 is 0. The van der Waals surface area contributed by atoms with E-state index in [-0.39, 0.29) is 6.71 Å². The SMILES string of the molecule is Cc1cc(C)c(B(c2c(C)cc(C)cc2C)c2ccc(-c3ccc(-n4c5ccccc5c5ccccc54)c4ccccc34)c3ccccc23)c(C)c1.c1ccc(-c2ccc3c(-c4ccc(-c5ccccn5)nc4)c4ccccc4c(-c4ccc(-c5ccccn5)nc4)c3c2)cc1. The van der Waals surface area contributed by atoms with Crippen LogP contribution < -0.4 is 16.4 Å². The Morgan fingerprint density at radius 1 is 0.271 bits per heavy atom. The first-order valence-electron chi connectivity index (χ1n) is 33.1. The van der Waals surface area contributed by atoms with Crippen LogP contribution in [0.15, 0.2) is 304 Å². The van der Waals surface area contributed by atoms with E-state index in [4.69, 9.17) is 9.97 Å². The molecule has 0 spiro atoms. The molecule has 6 heteroatoms. The van der Waals surface area contributed by atoms with Gasteiger partial charge in [-0.2, -0.15) is 0 Å². The van der Waals surface area contributed by atoms with E-state index in [0.717, 1.165) is 45.0 Å². The Hall–Kier alpha value is -11.9. The molecule has 12 aromatic carbocycles. The zero-order valence-electron chi connectivity index (χ0n) is 54.7. The predicted molar refractivity (Wildman–Crippen MR) is 407 cm³/mol. The van der Waals surface area contributed by atoms with E-state index in [2.05, 4.69) is 299 Å². The summed E-state index contributed by atoms with van der Waals surface area (Å²) in [4.78, 5) is 18.7. The van der Waals surface area contributed by atoms with Crippen molar-refractivity contribution in [2.75, 3.05) is 0 Å². The van der Waals surface area contributed by atoms with Crippen molar-refractivity contribution in [3.8, 4) is 73.0 Å². The summed E-state index contributed by atoms with van der Waals surface area (Å²) in [6, 6.07) is 101. The Morgan fingerprint density at radius 2 is 0.677 bits per heavy atom. The molecular formula is C90H68BN5. The zero-order valence-corrected chi connectivity index (χ0v) is 54.7. The Kier molecular flexibility index (Phi) is 15.3. The summed E-state index contributed by atoms with van der Waals surface area (Å²) in [5.74, 6) is 0. The predicted octanol–water partition coefficient (Wildman–Crippen LogP) is 21.0. The number of nitrogens with zero attached hydrogens (tertiary/aromatic N) is 5. The summed E-state index contributed by atoms with van der Waals surface area (Å²) in [5.41, 5.74) is 28.6. The number of benzene rings is 12. The standard InChI is InChI=1S/C50H42BN.C40H26N4/c1-31-27-33(3)49(34(4)28-31)51(50-35(5)29-32(2)30-36(50)6)45-25-23-39(37-15-7-9-17-41(37)45)40-24-26-48(42-18-10-8-16-38(40)42)52-46-21-13-11-19-43(46)44-20-12-14-22-47(44)52;1-2-10-27(11-3-1)28-16-19-33-34(24-28)40(30-18-21-38(44-26-30)36-15-7-9-23-42-36)32-13-5-4-12-31(32)39(33)29-17-20-37(43-25-29)35-14-6-8-22-41-35/h7-30H,1-6H3;1-26H. The van der Waals surface area contributed by atoms with E-state index in [1.165, 1.54) is 143 Å². The summed E-state index contributed by atoms with van der Waals surface area (Å²) in [7, 11) is 0. The third-order valence-electron chi connectivity index (χ3n) is 19.4. The molecule has 17 aromatic rings. The summed E-state index contributed by atoms with van der Waals surface area (Å²) < 4.78 is 2.45. The third kappa shape index (κ3) is 10.6. The highest BCUT2D eigenvalue weighted by Crippen LogP contribution is 2.46. The highest BCUT2D eigenvalue weighted by Gasteiger charge is 2.31. The van der Waals surface area contributed by atoms with Gasteiger partial charge >= 0.3 is 0 Å². The van der Waals surface area contributed by atoms with Crippen LogP contribution in [0.3, 0.4) is 0 Å². The summed E-state index contributed by atoms with van der Waals surface area (Å²) in [6.45, 7) is 13.7. The van der Waals surface area contributed by atoms with Crippen LogP contribution in [0.1, 0.15) is 33.4 Å². The zero-order chi connectivity index (χ0) is 65.0. The normalized spacial score (nSPS) is 11.4. The van der Waals surface area contributed by atoms with Crippen molar-refractivity contribution in [2.24, 2.45) is 0 Å². The van der Waals surface area contributed by atoms with Crippen LogP contribution in [-0.2, 0) is 0 Å². The molecule has 0 aliphatic carbocycles. The van der Waals surface area contributed by atoms with Crippen LogP contribution in [-0.4, -0.2) is 31.2 Å². The first kappa shape index (κ1) is 59.2. The molecule has 0 radical (unpaired) electrons. The first-order chi connectivity index (χ1) is 47.1. The number of aryl methyl sites for hydroxylation is 6. The van der Waals surface area contributed by atoms with Gasteiger partial charge in [0.25, 0.3) is 0 Å². The van der Waals surface area contributed by atoms with Crippen LogP contribution in [0.5, 0.6) is 0 Å². The van der Waals surface area contributed by atoms with Crippen LogP contribution in [0.25, 0.3) is 138 Å². The van der Waals surface area contributed by atoms with Gasteiger partial charge < -0.3 is 4.57 Å². The second-order valence-electron chi connectivity index (χ2n) is 25.6. The number of pyridine rings is 4. The van der Waals surface area contributed by atoms with E-state index in [1.54, 1.807) is 12.4 Å². The Balaban J connectivity index is 0.000000153. The van der Waals surface area contributed by atoms with Crippen molar-refractivity contribution in [3.05, 3.63) is 337 Å². The first-order valence-corrected chi connectivity index (χ1v) is 33.1. The van der Waals surface area contributed by atoms with E-state index >= 15 is 0 Å². The molecule has 0 saturated heterocycles. The molecule has 0 atom stereocenters. The van der Waals surface area contributed by atoms with Crippen molar-refractivity contribution < 1.29 is 0 Å². The molecule has 5 nitrogen and oxygen atoms in total. The van der Waals surface area contributed by atoms with Gasteiger partial charge in [0.05, 0.1) is 39.5 Å². The number of rotatable bonds is 10. The largest absolute Gasteiger partial charge is 0.309 e. The van der Waals surface area contributed by atoms with E-state index in [1.807, 2.05) is 48.8 Å². The van der Waals surface area contributed by atoms with Crippen molar-refractivity contribution in [2.45, 2.75) is 41.5 Å². The fourth-order valence-electron chi connectivity index (χ4n) is 15.5. The maximum Gasteiger partial charge on any atom is 0.243 e. The molecule has 5 heterocycles. The summed E-state index contributed by atoms with van der Waals surface area (Å²) in [5, 5.41) is 12.3. The van der Waals surface area contributed by atoms with Crippen LogP contribution in [0.2, 0.25) is 0 Å². The Morgan fingerprint density at radius 3 is 1.18 bits per heavy atom. The fraction of sp³-hybridized carbons (Fsp3) is 0.0667. The van der Waals surface area contributed by atoms with E-state index < -0.39 is 0 Å². The molecule has 0 fully saturated rings. The quantitative estimate of drug-likeness (QED) is 0.101. The molecule has 96 heavy (non-hydrogen) atoms. The lowest BCUT2D eigenvalue weighted by Crippen LogP contribution is -2.56. The van der Waals surface area contributed by atoms with Gasteiger partial charge in [-0.15, -0.1) is 0 Å². The second kappa shape index (κ2) is 24.9. The number of para-hydroxylation sites is 2. The highest BCUT2D eigenvalue weighted by molar-refractivity contribution is 6.98. The van der Waals surface area contributed by atoms with Gasteiger partial charge in [-0.3, -0.25) is 19.9 Å². The van der Waals surface area contributed by atoms with Crippen molar-refractivity contribution in [1.29, 1.82) is 0 Å². The maximum atomic E-state index is 4.86. The molecule has 0 aliphatic heterocycles. The molecule has 0 unspecified atom stereocenters. The molecule has 0 bridgehead atoms. The van der Waals surface area contributed by atoms with Crippen molar-refractivity contribution >= 4 is 88.0 Å². The van der Waals surface area contributed by atoms with Crippen LogP contribution in [0.4, 0.5) is 0 Å². The van der Waals surface area contributed by atoms with Gasteiger partial charge in [-0.05, 0) is 173 Å². The molecule has 456 valence electrons. The minimum absolute atomic E-state index is 0.106. The minimum Gasteiger partial charge on any atom is -0.309 e. The number of hydrogen-bond donors (Lipinski definition) is 0. The van der Waals surface area contributed by atoms with Crippen molar-refractivity contribution in [3.63, 3.8) is 0 Å². The highest BCUT2D eigenvalue weighted by atomic mass is 15.0. The molecule has 0 aliphatic rings. The molecule has 5 aromatic heterocycles. The van der Waals surface area contributed by atoms with Crippen LogP contribution in [0, 0.1) is 41.5 Å². The fourth-order valence-corrected chi connectivity index (χ4v) is 15.5. The van der Waals surface area contributed by atoms with Gasteiger partial charge in [-0.25, -0.2) is 0 Å². The number of hydrogen-bond acceptors (Lipinski definition) is 4. The van der Waals surface area contributed by atoms with E-state index in [9.17, 15) is 0 Å². The van der Waals surface area contributed by atoms with Gasteiger partial charge in [0.2, 0.25) is 6.71 Å². The lowest BCUT2D eigenvalue weighted by molar-refractivity contribution is 1.20. The van der Waals surface area contributed by atoms with Gasteiger partial charge in [0.15, 0.2) is 0 Å². The van der Waals surface area contributed by atoms with E-state index in [0.29, 0.717) is 0 Å². The van der Waals surface area contributed by atoms with Crippen molar-refractivity contribution in [1.82, 2.24) is 24.5 Å². The molecule has 17 rings (SSSR count). The second-order valence-corrected chi connectivity index (χ2v) is 25.6. The minimum atomic E-state index is 0.106. The number of aromatic nitrogens is 5. The van der Waals surface area contributed by atoms with Gasteiger partial charge in [0.1, 0.15) is 0 Å². The average molecular weight is 1230 g/mol. The van der Waals surface area contributed by atoms with Crippen LogP contribution >= 0.6 is 0 Å². The van der Waals surface area contributed by atoms with Gasteiger partial charge in [-0.1, -0.05) is 268 Å². The lowest BCUT2D eigenvalue weighted by Gasteiger charge is -2.26. The Labute approximate surface area is 560 Å².